The normalized spacial score (nSPS) is 10.6. The van der Waals surface area contributed by atoms with Crippen LogP contribution in [-0.2, 0) is 0 Å². The van der Waals surface area contributed by atoms with Crippen LogP contribution < -0.4 is 4.90 Å². The second kappa shape index (κ2) is 8.61. The number of aryl methyl sites for hydroxylation is 1. The monoisotopic (exact) mass is 389 g/mol. The summed E-state index contributed by atoms with van der Waals surface area (Å²) in [6.45, 7) is 4.84. The van der Waals surface area contributed by atoms with Gasteiger partial charge in [-0.1, -0.05) is 37.3 Å². The molecule has 3 aromatic carbocycles. The Labute approximate surface area is 169 Å². The molecule has 3 rings (SSSR count). The van der Waals surface area contributed by atoms with E-state index in [1.54, 1.807) is 30.3 Å². The lowest BCUT2D eigenvalue weighted by Gasteiger charge is -2.25. The van der Waals surface area contributed by atoms with E-state index in [1.165, 1.54) is 12.1 Å². The first kappa shape index (κ1) is 20.1. The Kier molecular flexibility index (Phi) is 5.98. The lowest BCUT2D eigenvalue weighted by atomic mass is 9.97. The highest BCUT2D eigenvalue weighted by Crippen LogP contribution is 2.32. The number of rotatable bonds is 7. The van der Waals surface area contributed by atoms with E-state index < -0.39 is 11.8 Å². The van der Waals surface area contributed by atoms with E-state index in [0.717, 1.165) is 29.9 Å². The number of carboxylic acids is 1. The van der Waals surface area contributed by atoms with Gasteiger partial charge in [0.15, 0.2) is 5.78 Å². The van der Waals surface area contributed by atoms with E-state index in [4.69, 9.17) is 0 Å². The van der Waals surface area contributed by atoms with E-state index in [9.17, 15) is 19.8 Å². The molecule has 0 aliphatic heterocycles. The van der Waals surface area contributed by atoms with Gasteiger partial charge in [-0.05, 0) is 49.2 Å². The molecular formula is C24H23NO4. The minimum absolute atomic E-state index is 0.0483. The second-order valence-electron chi connectivity index (χ2n) is 6.87. The second-order valence-corrected chi connectivity index (χ2v) is 6.87. The van der Waals surface area contributed by atoms with E-state index >= 15 is 0 Å². The Morgan fingerprint density at radius 1 is 0.862 bits per heavy atom. The first-order valence-electron chi connectivity index (χ1n) is 9.46. The molecule has 2 N–H and O–H groups in total. The average Bonchev–Trinajstić information content (AvgIpc) is 2.71. The molecule has 0 aromatic heterocycles. The molecule has 0 aliphatic rings. The summed E-state index contributed by atoms with van der Waals surface area (Å²) in [4.78, 5) is 26.4. The summed E-state index contributed by atoms with van der Waals surface area (Å²) in [5.41, 5.74) is 2.92. The highest BCUT2D eigenvalue weighted by Gasteiger charge is 2.21. The van der Waals surface area contributed by atoms with Crippen molar-refractivity contribution in [1.29, 1.82) is 0 Å². The third-order valence-electron chi connectivity index (χ3n) is 4.70. The Balaban J connectivity index is 1.99. The van der Waals surface area contributed by atoms with Crippen molar-refractivity contribution in [2.45, 2.75) is 20.3 Å². The van der Waals surface area contributed by atoms with Crippen LogP contribution in [0.15, 0.2) is 66.7 Å². The zero-order valence-electron chi connectivity index (χ0n) is 16.4. The first-order chi connectivity index (χ1) is 13.9. The Bertz CT molecular complexity index is 1060. The fourth-order valence-electron chi connectivity index (χ4n) is 3.32. The zero-order valence-corrected chi connectivity index (χ0v) is 16.4. The summed E-state index contributed by atoms with van der Waals surface area (Å²) < 4.78 is 0. The van der Waals surface area contributed by atoms with Gasteiger partial charge in [0.25, 0.3) is 0 Å². The maximum Gasteiger partial charge on any atom is 0.336 e. The van der Waals surface area contributed by atoms with E-state index in [1.807, 2.05) is 25.1 Å². The predicted molar refractivity (Wildman–Crippen MR) is 113 cm³/mol. The van der Waals surface area contributed by atoms with Gasteiger partial charge < -0.3 is 15.1 Å². The van der Waals surface area contributed by atoms with Gasteiger partial charge >= 0.3 is 5.97 Å². The molecule has 0 fully saturated rings. The first-order valence-corrected chi connectivity index (χ1v) is 9.46. The zero-order chi connectivity index (χ0) is 21.0. The molecule has 0 aliphatic carbocycles. The lowest BCUT2D eigenvalue weighted by Crippen LogP contribution is -2.18. The molecular weight excluding hydrogens is 366 g/mol. The molecule has 0 atom stereocenters. The quantitative estimate of drug-likeness (QED) is 0.545. The molecule has 29 heavy (non-hydrogen) atoms. The van der Waals surface area contributed by atoms with Crippen LogP contribution in [0.5, 0.6) is 5.75 Å². The van der Waals surface area contributed by atoms with Crippen LogP contribution in [0.1, 0.15) is 45.2 Å². The third-order valence-corrected chi connectivity index (χ3v) is 4.70. The van der Waals surface area contributed by atoms with E-state index in [0.29, 0.717) is 0 Å². The largest absolute Gasteiger partial charge is 0.507 e. The van der Waals surface area contributed by atoms with Crippen LogP contribution in [-0.4, -0.2) is 28.5 Å². The average molecular weight is 389 g/mol. The Morgan fingerprint density at radius 3 is 2.17 bits per heavy atom. The van der Waals surface area contributed by atoms with Crippen molar-refractivity contribution in [3.8, 4) is 5.75 Å². The highest BCUT2D eigenvalue weighted by molar-refractivity contribution is 6.15. The number of hydrogen-bond donors (Lipinski definition) is 2. The van der Waals surface area contributed by atoms with Crippen LogP contribution in [0.2, 0.25) is 0 Å². The molecule has 0 unspecified atom stereocenters. The molecule has 0 saturated carbocycles. The van der Waals surface area contributed by atoms with E-state index in [-0.39, 0.29) is 22.4 Å². The van der Waals surface area contributed by atoms with Gasteiger partial charge in [-0.2, -0.15) is 0 Å². The SMILES string of the molecule is CCCN(c1cccc(C)c1)c1ccc(C(=O)c2ccccc2C(=O)O)c(O)c1. The number of phenols is 1. The van der Waals surface area contributed by atoms with Crippen molar-refractivity contribution in [3.63, 3.8) is 0 Å². The molecule has 0 heterocycles. The Hall–Kier alpha value is -3.60. The molecule has 0 saturated heterocycles. The number of anilines is 2. The highest BCUT2D eigenvalue weighted by atomic mass is 16.4. The van der Waals surface area contributed by atoms with E-state index in [2.05, 4.69) is 17.9 Å². The number of carboxylic acid groups (broad SMARTS) is 1. The number of nitrogens with zero attached hydrogens (tertiary/aromatic N) is 1. The molecule has 5 heteroatoms. The maximum atomic E-state index is 12.9. The molecule has 0 bridgehead atoms. The number of phenolic OH excluding ortho intramolecular Hbond substituents is 1. The summed E-state index contributed by atoms with van der Waals surface area (Å²) in [5.74, 6) is -1.88. The fraction of sp³-hybridized carbons (Fsp3) is 0.167. The molecule has 0 amide bonds. The lowest BCUT2D eigenvalue weighted by molar-refractivity contribution is 0.0692. The van der Waals surface area contributed by atoms with Crippen molar-refractivity contribution in [2.75, 3.05) is 11.4 Å². The number of benzene rings is 3. The molecule has 0 spiro atoms. The van der Waals surface area contributed by atoms with Crippen molar-refractivity contribution in [1.82, 2.24) is 0 Å². The molecule has 148 valence electrons. The maximum absolute atomic E-state index is 12.9. The Morgan fingerprint density at radius 2 is 1.55 bits per heavy atom. The van der Waals surface area contributed by atoms with Crippen molar-refractivity contribution in [3.05, 3.63) is 89.0 Å². The van der Waals surface area contributed by atoms with Gasteiger partial charge in [-0.15, -0.1) is 0 Å². The number of ketones is 1. The van der Waals surface area contributed by atoms with Gasteiger partial charge in [-0.3, -0.25) is 4.79 Å². The number of aromatic carboxylic acids is 1. The number of carbonyl (C=O) groups is 2. The summed E-state index contributed by atoms with van der Waals surface area (Å²) in [5, 5.41) is 19.9. The smallest absolute Gasteiger partial charge is 0.336 e. The summed E-state index contributed by atoms with van der Waals surface area (Å²) >= 11 is 0. The van der Waals surface area contributed by atoms with Crippen LogP contribution in [0.25, 0.3) is 0 Å². The standard InChI is InChI=1S/C24H23NO4/c1-3-13-25(17-8-6-7-16(2)14-17)18-11-12-21(22(26)15-18)23(27)19-9-4-5-10-20(19)24(28)29/h4-12,14-15,26H,3,13H2,1-2H3,(H,28,29). The van der Waals surface area contributed by atoms with Crippen molar-refractivity contribution in [2.24, 2.45) is 0 Å². The van der Waals surface area contributed by atoms with Gasteiger partial charge in [0.1, 0.15) is 5.75 Å². The molecule has 0 radical (unpaired) electrons. The van der Waals surface area contributed by atoms with Crippen molar-refractivity contribution < 1.29 is 19.8 Å². The van der Waals surface area contributed by atoms with Crippen LogP contribution in [0.4, 0.5) is 11.4 Å². The van der Waals surface area contributed by atoms with Crippen molar-refractivity contribution >= 4 is 23.1 Å². The fourth-order valence-corrected chi connectivity index (χ4v) is 3.32. The van der Waals surface area contributed by atoms with Gasteiger partial charge in [0.05, 0.1) is 11.1 Å². The van der Waals surface area contributed by atoms with Crippen LogP contribution in [0.3, 0.4) is 0 Å². The van der Waals surface area contributed by atoms with Gasteiger partial charge in [0.2, 0.25) is 0 Å². The third kappa shape index (κ3) is 4.29. The molecule has 5 nitrogen and oxygen atoms in total. The van der Waals surface area contributed by atoms with Gasteiger partial charge in [0, 0.05) is 29.5 Å². The number of hydrogen-bond acceptors (Lipinski definition) is 4. The minimum Gasteiger partial charge on any atom is -0.507 e. The van der Waals surface area contributed by atoms with Gasteiger partial charge in [-0.25, -0.2) is 4.79 Å². The summed E-state index contributed by atoms with van der Waals surface area (Å²) in [7, 11) is 0. The topological polar surface area (TPSA) is 77.8 Å². The molecule has 3 aromatic rings. The van der Waals surface area contributed by atoms with Crippen LogP contribution >= 0.6 is 0 Å². The number of aromatic hydroxyl groups is 1. The summed E-state index contributed by atoms with van der Waals surface area (Å²) in [6.07, 6.45) is 0.904. The predicted octanol–water partition coefficient (Wildman–Crippen LogP) is 5.18. The number of carbonyl (C=O) groups excluding carboxylic acids is 1. The minimum atomic E-state index is -1.18. The van der Waals surface area contributed by atoms with Crippen LogP contribution in [0, 0.1) is 6.92 Å². The summed E-state index contributed by atoms with van der Waals surface area (Å²) in [6, 6.07) is 18.9.